The first-order valence-corrected chi connectivity index (χ1v) is 6.49. The average molecular weight is 304 g/mol. The normalized spacial score (nSPS) is 10.2. The molecule has 7 heteroatoms. The molecule has 0 saturated heterocycles. The van der Waals surface area contributed by atoms with Gasteiger partial charge in [0.1, 0.15) is 4.88 Å². The molecule has 0 atom stereocenters. The quantitative estimate of drug-likeness (QED) is 0.946. The number of carbonyl (C=O) groups is 1. The van der Waals surface area contributed by atoms with E-state index in [-0.39, 0.29) is 5.91 Å². The van der Waals surface area contributed by atoms with Crippen molar-refractivity contribution in [3.05, 3.63) is 31.9 Å². The fourth-order valence-electron chi connectivity index (χ4n) is 0.968. The predicted octanol–water partition coefficient (Wildman–Crippen LogP) is 2.29. The lowest BCUT2D eigenvalue weighted by Crippen LogP contribution is -2.21. The molecule has 0 aliphatic carbocycles. The van der Waals surface area contributed by atoms with Gasteiger partial charge in [-0.2, -0.15) is 0 Å². The van der Waals surface area contributed by atoms with E-state index in [4.69, 9.17) is 0 Å². The summed E-state index contributed by atoms with van der Waals surface area (Å²) in [5.41, 5.74) is 0. The maximum Gasteiger partial charge on any atom is 0.264 e. The SMILES string of the molecule is O=C(NCc1cc(Br)cs1)c1cnns1. The molecule has 2 heterocycles. The molecule has 2 aromatic heterocycles. The Morgan fingerprint density at radius 3 is 3.07 bits per heavy atom. The van der Waals surface area contributed by atoms with E-state index in [1.165, 1.54) is 6.20 Å². The Bertz CT molecular complexity index is 454. The first kappa shape index (κ1) is 10.7. The van der Waals surface area contributed by atoms with E-state index in [0.29, 0.717) is 11.4 Å². The summed E-state index contributed by atoms with van der Waals surface area (Å²) in [6.45, 7) is 0.535. The Morgan fingerprint density at radius 1 is 1.60 bits per heavy atom. The monoisotopic (exact) mass is 303 g/mol. The largest absolute Gasteiger partial charge is 0.346 e. The first-order valence-electron chi connectivity index (χ1n) is 4.04. The molecule has 0 spiro atoms. The lowest BCUT2D eigenvalue weighted by atomic mass is 10.4. The lowest BCUT2D eigenvalue weighted by molar-refractivity contribution is 0.0955. The van der Waals surface area contributed by atoms with Gasteiger partial charge in [0, 0.05) is 14.7 Å². The fourth-order valence-corrected chi connectivity index (χ4v) is 2.79. The zero-order valence-corrected chi connectivity index (χ0v) is 10.7. The molecule has 0 radical (unpaired) electrons. The number of hydrogen-bond acceptors (Lipinski definition) is 5. The standard InChI is InChI=1S/C8H6BrN3OS2/c9-5-1-6(14-4-5)2-10-8(13)7-3-11-12-15-7/h1,3-4H,2H2,(H,10,13). The molecule has 1 amide bonds. The number of hydrogen-bond donors (Lipinski definition) is 1. The minimum absolute atomic E-state index is 0.130. The van der Waals surface area contributed by atoms with E-state index in [9.17, 15) is 4.79 Å². The van der Waals surface area contributed by atoms with Crippen molar-refractivity contribution < 1.29 is 4.79 Å². The summed E-state index contributed by atoms with van der Waals surface area (Å²) in [4.78, 5) is 13.1. The van der Waals surface area contributed by atoms with Gasteiger partial charge in [-0.05, 0) is 33.5 Å². The van der Waals surface area contributed by atoms with E-state index >= 15 is 0 Å². The first-order chi connectivity index (χ1) is 7.25. The van der Waals surface area contributed by atoms with Gasteiger partial charge in [0.05, 0.1) is 12.7 Å². The predicted molar refractivity (Wildman–Crippen MR) is 63.1 cm³/mol. The van der Waals surface area contributed by atoms with Crippen LogP contribution in [0.2, 0.25) is 0 Å². The van der Waals surface area contributed by atoms with Crippen LogP contribution in [0.15, 0.2) is 22.1 Å². The number of nitrogens with one attached hydrogen (secondary N) is 1. The van der Waals surface area contributed by atoms with Crippen LogP contribution >= 0.6 is 38.8 Å². The Morgan fingerprint density at radius 2 is 2.47 bits per heavy atom. The van der Waals surface area contributed by atoms with Crippen molar-refractivity contribution in [2.75, 3.05) is 0 Å². The van der Waals surface area contributed by atoms with Crippen LogP contribution in [0.25, 0.3) is 0 Å². The van der Waals surface area contributed by atoms with Crippen LogP contribution in [-0.2, 0) is 6.54 Å². The maximum atomic E-state index is 11.5. The molecule has 0 saturated carbocycles. The van der Waals surface area contributed by atoms with Crippen molar-refractivity contribution in [3.63, 3.8) is 0 Å². The minimum atomic E-state index is -0.130. The van der Waals surface area contributed by atoms with Gasteiger partial charge in [-0.15, -0.1) is 16.4 Å². The fraction of sp³-hybridized carbons (Fsp3) is 0.125. The van der Waals surface area contributed by atoms with Crippen LogP contribution in [0.4, 0.5) is 0 Å². The summed E-state index contributed by atoms with van der Waals surface area (Å²) in [6, 6.07) is 1.98. The summed E-state index contributed by atoms with van der Waals surface area (Å²) in [5.74, 6) is -0.130. The molecule has 0 fully saturated rings. The Hall–Kier alpha value is -0.790. The van der Waals surface area contributed by atoms with Crippen LogP contribution < -0.4 is 5.32 Å². The average Bonchev–Trinajstić information content (AvgIpc) is 2.84. The molecule has 15 heavy (non-hydrogen) atoms. The van der Waals surface area contributed by atoms with Crippen molar-refractivity contribution in [1.29, 1.82) is 0 Å². The van der Waals surface area contributed by atoms with E-state index in [2.05, 4.69) is 30.8 Å². The van der Waals surface area contributed by atoms with E-state index < -0.39 is 0 Å². The Labute approximate surface area is 103 Å². The molecule has 2 rings (SSSR count). The van der Waals surface area contributed by atoms with Gasteiger partial charge in [-0.1, -0.05) is 4.49 Å². The highest BCUT2D eigenvalue weighted by Gasteiger charge is 2.08. The van der Waals surface area contributed by atoms with Crippen LogP contribution in [-0.4, -0.2) is 15.5 Å². The number of thiophene rings is 1. The van der Waals surface area contributed by atoms with Gasteiger partial charge in [-0.25, -0.2) is 0 Å². The van der Waals surface area contributed by atoms with E-state index in [1.54, 1.807) is 11.3 Å². The highest BCUT2D eigenvalue weighted by atomic mass is 79.9. The van der Waals surface area contributed by atoms with Crippen molar-refractivity contribution in [2.24, 2.45) is 0 Å². The summed E-state index contributed by atoms with van der Waals surface area (Å²) >= 11 is 6.05. The molecule has 0 bridgehead atoms. The van der Waals surface area contributed by atoms with Gasteiger partial charge in [-0.3, -0.25) is 4.79 Å². The third-order valence-corrected chi connectivity index (χ3v) is 3.99. The molecular formula is C8H6BrN3OS2. The van der Waals surface area contributed by atoms with Crippen molar-refractivity contribution in [1.82, 2.24) is 14.9 Å². The second-order valence-corrected chi connectivity index (χ2v) is 5.39. The van der Waals surface area contributed by atoms with Gasteiger partial charge in [0.15, 0.2) is 0 Å². The van der Waals surface area contributed by atoms with Crippen molar-refractivity contribution in [3.8, 4) is 0 Å². The Kier molecular flexibility index (Phi) is 3.45. The van der Waals surface area contributed by atoms with Gasteiger partial charge >= 0.3 is 0 Å². The molecule has 0 aromatic carbocycles. The molecule has 1 N–H and O–H groups in total. The maximum absolute atomic E-state index is 11.5. The zero-order chi connectivity index (χ0) is 10.7. The molecule has 0 aliphatic heterocycles. The molecule has 4 nitrogen and oxygen atoms in total. The number of halogens is 1. The summed E-state index contributed by atoms with van der Waals surface area (Å²) < 4.78 is 4.67. The van der Waals surface area contributed by atoms with E-state index in [0.717, 1.165) is 20.9 Å². The summed E-state index contributed by atoms with van der Waals surface area (Å²) in [5, 5.41) is 8.38. The summed E-state index contributed by atoms with van der Waals surface area (Å²) in [6.07, 6.45) is 1.46. The van der Waals surface area contributed by atoms with Crippen LogP contribution in [0.3, 0.4) is 0 Å². The second kappa shape index (κ2) is 4.82. The van der Waals surface area contributed by atoms with Crippen LogP contribution in [0, 0.1) is 0 Å². The lowest BCUT2D eigenvalue weighted by Gasteiger charge is -1.99. The molecule has 2 aromatic rings. The highest BCUT2D eigenvalue weighted by molar-refractivity contribution is 9.10. The van der Waals surface area contributed by atoms with Crippen LogP contribution in [0.1, 0.15) is 14.5 Å². The number of amides is 1. The number of carbonyl (C=O) groups excluding carboxylic acids is 1. The van der Waals surface area contributed by atoms with Crippen molar-refractivity contribution >= 4 is 44.7 Å². The van der Waals surface area contributed by atoms with Gasteiger partial charge in [0.25, 0.3) is 5.91 Å². The van der Waals surface area contributed by atoms with Crippen LogP contribution in [0.5, 0.6) is 0 Å². The molecule has 0 aliphatic rings. The second-order valence-electron chi connectivity index (χ2n) is 2.70. The highest BCUT2D eigenvalue weighted by Crippen LogP contribution is 2.19. The van der Waals surface area contributed by atoms with Gasteiger partial charge < -0.3 is 5.32 Å². The van der Waals surface area contributed by atoms with Crippen molar-refractivity contribution in [2.45, 2.75) is 6.54 Å². The van der Waals surface area contributed by atoms with E-state index in [1.807, 2.05) is 11.4 Å². The number of aromatic nitrogens is 2. The number of rotatable bonds is 3. The minimum Gasteiger partial charge on any atom is -0.346 e. The zero-order valence-electron chi connectivity index (χ0n) is 7.44. The third kappa shape index (κ3) is 2.83. The topological polar surface area (TPSA) is 54.9 Å². The van der Waals surface area contributed by atoms with Gasteiger partial charge in [0.2, 0.25) is 0 Å². The summed E-state index contributed by atoms with van der Waals surface area (Å²) in [7, 11) is 0. The third-order valence-electron chi connectivity index (χ3n) is 1.63. The molecular weight excluding hydrogens is 298 g/mol. The Balaban J connectivity index is 1.91. The molecule has 0 unspecified atom stereocenters. The smallest absolute Gasteiger partial charge is 0.264 e. The number of nitrogens with zero attached hydrogens (tertiary/aromatic N) is 2. The molecule has 78 valence electrons.